The van der Waals surface area contributed by atoms with Crippen LogP contribution in [0.2, 0.25) is 0 Å². The predicted molar refractivity (Wildman–Crippen MR) is 60.5 cm³/mol. The van der Waals surface area contributed by atoms with E-state index in [0.29, 0.717) is 0 Å². The topological polar surface area (TPSA) is 6.48 Å². The molecule has 2 aliphatic rings. The Morgan fingerprint density at radius 3 is 2.43 bits per heavy atom. The number of likely N-dealkylation sites (N-methyl/N-ethyl adjacent to an activating group) is 1. The Bertz CT molecular complexity index is 173. The summed E-state index contributed by atoms with van der Waals surface area (Å²) in [6, 6.07) is 1.79. The quantitative estimate of drug-likeness (QED) is 0.681. The van der Waals surface area contributed by atoms with E-state index >= 15 is 0 Å². The van der Waals surface area contributed by atoms with E-state index in [0.717, 1.165) is 12.1 Å². The summed E-state index contributed by atoms with van der Waals surface area (Å²) in [6.07, 6.45) is 8.71. The van der Waals surface area contributed by atoms with Crippen molar-refractivity contribution >= 4 is 0 Å². The van der Waals surface area contributed by atoms with Crippen LogP contribution < -0.4 is 0 Å². The first-order valence-corrected chi connectivity index (χ1v) is 6.18. The number of likely N-dealkylation sites (tertiary alicyclic amines) is 1. The second-order valence-electron chi connectivity index (χ2n) is 5.23. The Hall–Kier alpha value is -0.0800. The van der Waals surface area contributed by atoms with Crippen LogP contribution in [0, 0.1) is 0 Å². The molecule has 0 amide bonds. The van der Waals surface area contributed by atoms with E-state index in [1.165, 1.54) is 51.6 Å². The van der Waals surface area contributed by atoms with Crippen LogP contribution in [0.4, 0.5) is 0 Å². The highest BCUT2D eigenvalue weighted by Gasteiger charge is 2.32. The molecule has 0 bridgehead atoms. The summed E-state index contributed by atoms with van der Waals surface area (Å²) in [5.74, 6) is 0. The monoisotopic (exact) mass is 196 g/mol. The van der Waals surface area contributed by atoms with Crippen LogP contribution in [0.25, 0.3) is 0 Å². The lowest BCUT2D eigenvalue weighted by Gasteiger charge is -2.32. The van der Waals surface area contributed by atoms with Crippen molar-refractivity contribution in [2.75, 3.05) is 27.2 Å². The number of rotatable bonds is 3. The molecule has 1 atom stereocenters. The number of hydrogen-bond donors (Lipinski definition) is 0. The van der Waals surface area contributed by atoms with Crippen LogP contribution in [0.5, 0.6) is 0 Å². The highest BCUT2D eigenvalue weighted by Crippen LogP contribution is 2.29. The molecule has 0 aromatic heterocycles. The maximum absolute atomic E-state index is 2.80. The van der Waals surface area contributed by atoms with Gasteiger partial charge in [0.05, 0.1) is 0 Å². The molecule has 0 unspecified atom stereocenters. The lowest BCUT2D eigenvalue weighted by atomic mass is 10.1. The second kappa shape index (κ2) is 4.63. The largest absolute Gasteiger partial charge is 0.308 e. The molecule has 0 spiro atoms. The molecule has 0 N–H and O–H groups in total. The zero-order valence-electron chi connectivity index (χ0n) is 9.71. The van der Waals surface area contributed by atoms with E-state index in [2.05, 4.69) is 23.9 Å². The predicted octanol–water partition coefficient (Wildman–Crippen LogP) is 1.95. The SMILES string of the molecule is CN(C)C[C@@H]1CCCN1C1CCCC1. The number of hydrogen-bond acceptors (Lipinski definition) is 2. The van der Waals surface area contributed by atoms with Crippen molar-refractivity contribution < 1.29 is 0 Å². The lowest BCUT2D eigenvalue weighted by Crippen LogP contribution is -2.42. The molecular weight excluding hydrogens is 172 g/mol. The molecule has 0 aromatic rings. The van der Waals surface area contributed by atoms with Crippen LogP contribution in [0.15, 0.2) is 0 Å². The summed E-state index contributed by atoms with van der Waals surface area (Å²) in [5, 5.41) is 0. The van der Waals surface area contributed by atoms with Crippen LogP contribution in [0.3, 0.4) is 0 Å². The molecule has 14 heavy (non-hydrogen) atoms. The van der Waals surface area contributed by atoms with Gasteiger partial charge in [-0.3, -0.25) is 4.90 Å². The average molecular weight is 196 g/mol. The Kier molecular flexibility index (Phi) is 3.45. The first-order valence-electron chi connectivity index (χ1n) is 6.18. The average Bonchev–Trinajstić information content (AvgIpc) is 2.70. The van der Waals surface area contributed by atoms with Crippen molar-refractivity contribution in [1.82, 2.24) is 9.80 Å². The molecule has 0 aromatic carbocycles. The van der Waals surface area contributed by atoms with Crippen LogP contribution in [-0.4, -0.2) is 49.1 Å². The summed E-state index contributed by atoms with van der Waals surface area (Å²) in [4.78, 5) is 5.14. The van der Waals surface area contributed by atoms with E-state index in [-0.39, 0.29) is 0 Å². The fourth-order valence-electron chi connectivity index (χ4n) is 3.19. The van der Waals surface area contributed by atoms with Gasteiger partial charge in [0.1, 0.15) is 0 Å². The zero-order valence-corrected chi connectivity index (χ0v) is 9.71. The minimum atomic E-state index is 0.855. The normalized spacial score (nSPS) is 30.6. The second-order valence-corrected chi connectivity index (χ2v) is 5.23. The molecule has 1 aliphatic heterocycles. The Labute approximate surface area is 88.3 Å². The van der Waals surface area contributed by atoms with E-state index in [1.54, 1.807) is 0 Å². The Morgan fingerprint density at radius 1 is 1.07 bits per heavy atom. The molecule has 1 heterocycles. The third-order valence-electron chi connectivity index (χ3n) is 3.79. The molecule has 0 radical (unpaired) electrons. The van der Waals surface area contributed by atoms with Gasteiger partial charge in [0, 0.05) is 18.6 Å². The van der Waals surface area contributed by atoms with E-state index in [4.69, 9.17) is 0 Å². The summed E-state index contributed by atoms with van der Waals surface area (Å²) in [7, 11) is 4.40. The first-order chi connectivity index (χ1) is 6.77. The number of nitrogens with zero attached hydrogens (tertiary/aromatic N) is 2. The molecule has 1 saturated carbocycles. The maximum atomic E-state index is 2.80. The smallest absolute Gasteiger partial charge is 0.0226 e. The maximum Gasteiger partial charge on any atom is 0.0226 e. The van der Waals surface area contributed by atoms with Crippen LogP contribution in [0.1, 0.15) is 38.5 Å². The molecule has 2 fully saturated rings. The van der Waals surface area contributed by atoms with Gasteiger partial charge >= 0.3 is 0 Å². The van der Waals surface area contributed by atoms with Gasteiger partial charge in [-0.2, -0.15) is 0 Å². The molecule has 82 valence electrons. The van der Waals surface area contributed by atoms with Crippen molar-refractivity contribution in [1.29, 1.82) is 0 Å². The van der Waals surface area contributed by atoms with E-state index in [9.17, 15) is 0 Å². The molecule has 1 aliphatic carbocycles. The Morgan fingerprint density at radius 2 is 1.79 bits per heavy atom. The fourth-order valence-corrected chi connectivity index (χ4v) is 3.19. The molecular formula is C12H24N2. The third kappa shape index (κ3) is 2.29. The van der Waals surface area contributed by atoms with Gasteiger partial charge in [0.2, 0.25) is 0 Å². The molecule has 1 saturated heterocycles. The van der Waals surface area contributed by atoms with Crippen LogP contribution >= 0.6 is 0 Å². The zero-order chi connectivity index (χ0) is 9.97. The minimum absolute atomic E-state index is 0.855. The van der Waals surface area contributed by atoms with Crippen molar-refractivity contribution in [3.8, 4) is 0 Å². The summed E-state index contributed by atoms with van der Waals surface area (Å²) >= 11 is 0. The summed E-state index contributed by atoms with van der Waals surface area (Å²) < 4.78 is 0. The molecule has 2 nitrogen and oxygen atoms in total. The van der Waals surface area contributed by atoms with Gasteiger partial charge in [0.15, 0.2) is 0 Å². The minimum Gasteiger partial charge on any atom is -0.308 e. The molecule has 2 rings (SSSR count). The van der Waals surface area contributed by atoms with E-state index in [1.807, 2.05) is 0 Å². The highest BCUT2D eigenvalue weighted by molar-refractivity contribution is 4.88. The van der Waals surface area contributed by atoms with Crippen LogP contribution in [-0.2, 0) is 0 Å². The first kappa shape index (κ1) is 10.4. The lowest BCUT2D eigenvalue weighted by molar-refractivity contribution is 0.154. The van der Waals surface area contributed by atoms with Gasteiger partial charge in [-0.25, -0.2) is 0 Å². The summed E-state index contributed by atoms with van der Waals surface area (Å²) in [6.45, 7) is 2.62. The fraction of sp³-hybridized carbons (Fsp3) is 1.00. The van der Waals surface area contributed by atoms with Crippen molar-refractivity contribution in [3.63, 3.8) is 0 Å². The standard InChI is InChI=1S/C12H24N2/c1-13(2)10-12-8-5-9-14(12)11-6-3-4-7-11/h11-12H,3-10H2,1-2H3/t12-/m0/s1. The van der Waals surface area contributed by atoms with Crippen molar-refractivity contribution in [2.45, 2.75) is 50.6 Å². The highest BCUT2D eigenvalue weighted by atomic mass is 15.2. The third-order valence-corrected chi connectivity index (χ3v) is 3.79. The van der Waals surface area contributed by atoms with Gasteiger partial charge in [-0.1, -0.05) is 12.8 Å². The van der Waals surface area contributed by atoms with Crippen molar-refractivity contribution in [2.24, 2.45) is 0 Å². The van der Waals surface area contributed by atoms with Gasteiger partial charge < -0.3 is 4.90 Å². The van der Waals surface area contributed by atoms with Gasteiger partial charge in [-0.05, 0) is 46.3 Å². The summed E-state index contributed by atoms with van der Waals surface area (Å²) in [5.41, 5.74) is 0. The van der Waals surface area contributed by atoms with E-state index < -0.39 is 0 Å². The van der Waals surface area contributed by atoms with Gasteiger partial charge in [-0.15, -0.1) is 0 Å². The Balaban J connectivity index is 1.89. The van der Waals surface area contributed by atoms with Crippen molar-refractivity contribution in [3.05, 3.63) is 0 Å². The van der Waals surface area contributed by atoms with Gasteiger partial charge in [0.25, 0.3) is 0 Å². The molecule has 2 heteroatoms.